The molecule has 0 fully saturated rings. The summed E-state index contributed by atoms with van der Waals surface area (Å²) in [5.41, 5.74) is 8.48. The molecular weight excluding hydrogens is 306 g/mol. The van der Waals surface area contributed by atoms with Crippen LogP contribution < -0.4 is 5.73 Å². The molecule has 1 aromatic heterocycles. The Labute approximate surface area is 120 Å². The van der Waals surface area contributed by atoms with Gasteiger partial charge in [-0.05, 0) is 37.1 Å². The van der Waals surface area contributed by atoms with Crippen LogP contribution in [0.5, 0.6) is 0 Å². The predicted molar refractivity (Wildman–Crippen MR) is 79.0 cm³/mol. The van der Waals surface area contributed by atoms with Crippen LogP contribution in [0.4, 0.5) is 0 Å². The summed E-state index contributed by atoms with van der Waals surface area (Å²) in [5.74, 6) is -0.0858. The zero-order valence-electron chi connectivity index (χ0n) is 10.8. The van der Waals surface area contributed by atoms with Crippen molar-refractivity contribution < 1.29 is 4.79 Å². The fourth-order valence-corrected chi connectivity index (χ4v) is 2.16. The van der Waals surface area contributed by atoms with E-state index in [-0.39, 0.29) is 5.91 Å². The molecule has 0 atom stereocenters. The van der Waals surface area contributed by atoms with Crippen molar-refractivity contribution in [2.45, 2.75) is 19.8 Å². The van der Waals surface area contributed by atoms with Crippen molar-refractivity contribution in [1.82, 2.24) is 9.78 Å². The highest BCUT2D eigenvalue weighted by atomic mass is 79.9. The fourth-order valence-electron chi connectivity index (χ4n) is 1.90. The van der Waals surface area contributed by atoms with Gasteiger partial charge in [-0.25, -0.2) is 4.68 Å². The summed E-state index contributed by atoms with van der Waals surface area (Å²) in [6.45, 7) is 2.14. The van der Waals surface area contributed by atoms with Gasteiger partial charge < -0.3 is 5.73 Å². The van der Waals surface area contributed by atoms with Gasteiger partial charge >= 0.3 is 0 Å². The molecule has 19 heavy (non-hydrogen) atoms. The van der Waals surface area contributed by atoms with E-state index in [4.69, 9.17) is 5.73 Å². The van der Waals surface area contributed by atoms with E-state index < -0.39 is 0 Å². The van der Waals surface area contributed by atoms with Crippen LogP contribution in [0.2, 0.25) is 0 Å². The van der Waals surface area contributed by atoms with Crippen LogP contribution in [-0.2, 0) is 6.42 Å². The van der Waals surface area contributed by atoms with E-state index in [0.717, 1.165) is 34.1 Å². The minimum Gasteiger partial charge on any atom is -0.330 e. The molecule has 0 saturated heterocycles. The Bertz CT molecular complexity index is 575. The van der Waals surface area contributed by atoms with E-state index in [1.54, 1.807) is 6.20 Å². The van der Waals surface area contributed by atoms with Gasteiger partial charge in [0.15, 0.2) is 0 Å². The number of hydrogen-bond acceptors (Lipinski definition) is 3. The molecule has 0 aliphatic rings. The standard InChI is InChI=1S/C14H16BrN3O/c1-10(19)18-9-12(3-2-8-16)14(17-18)11-4-6-13(15)7-5-11/h4-7,9H,2-3,8,16H2,1H3. The molecule has 2 N–H and O–H groups in total. The first-order valence-electron chi connectivity index (χ1n) is 6.17. The molecule has 2 rings (SSSR count). The van der Waals surface area contributed by atoms with Crippen LogP contribution in [0.1, 0.15) is 23.7 Å². The third-order valence-corrected chi connectivity index (χ3v) is 3.41. The van der Waals surface area contributed by atoms with E-state index in [1.165, 1.54) is 11.6 Å². The number of carbonyl (C=O) groups is 1. The number of hydrogen-bond donors (Lipinski definition) is 1. The van der Waals surface area contributed by atoms with Crippen LogP contribution in [0.3, 0.4) is 0 Å². The number of rotatable bonds is 4. The van der Waals surface area contributed by atoms with Gasteiger partial charge in [-0.3, -0.25) is 4.79 Å². The second kappa shape index (κ2) is 6.12. The molecular formula is C14H16BrN3O. The average Bonchev–Trinajstić information content (AvgIpc) is 2.81. The number of halogens is 1. The van der Waals surface area contributed by atoms with Crippen molar-refractivity contribution in [2.75, 3.05) is 6.54 Å². The second-order valence-corrected chi connectivity index (χ2v) is 5.28. The van der Waals surface area contributed by atoms with Crippen LogP contribution in [-0.4, -0.2) is 22.2 Å². The average molecular weight is 322 g/mol. The summed E-state index contributed by atoms with van der Waals surface area (Å²) in [4.78, 5) is 11.4. The Morgan fingerprint density at radius 2 is 2.05 bits per heavy atom. The molecule has 4 nitrogen and oxygen atoms in total. The molecule has 100 valence electrons. The lowest BCUT2D eigenvalue weighted by atomic mass is 10.0. The number of aryl methyl sites for hydroxylation is 1. The van der Waals surface area contributed by atoms with Gasteiger partial charge in [-0.1, -0.05) is 28.1 Å². The topological polar surface area (TPSA) is 60.9 Å². The summed E-state index contributed by atoms with van der Waals surface area (Å²) >= 11 is 3.41. The van der Waals surface area contributed by atoms with Crippen molar-refractivity contribution in [3.05, 3.63) is 40.5 Å². The van der Waals surface area contributed by atoms with Gasteiger partial charge in [0, 0.05) is 23.2 Å². The number of aromatic nitrogens is 2. The highest BCUT2D eigenvalue weighted by Gasteiger charge is 2.12. The number of nitrogens with two attached hydrogens (primary N) is 1. The minimum atomic E-state index is -0.0858. The molecule has 2 aromatic rings. The lowest BCUT2D eigenvalue weighted by molar-refractivity contribution is 0.0921. The van der Waals surface area contributed by atoms with E-state index in [0.29, 0.717) is 6.54 Å². The first-order chi connectivity index (χ1) is 9.11. The van der Waals surface area contributed by atoms with Crippen LogP contribution in [0, 0.1) is 0 Å². The third-order valence-electron chi connectivity index (χ3n) is 2.88. The van der Waals surface area contributed by atoms with Gasteiger partial charge in [-0.2, -0.15) is 5.10 Å². The van der Waals surface area contributed by atoms with Gasteiger partial charge in [0.1, 0.15) is 0 Å². The summed E-state index contributed by atoms with van der Waals surface area (Å²) < 4.78 is 2.41. The van der Waals surface area contributed by atoms with Crippen molar-refractivity contribution in [3.8, 4) is 11.3 Å². The molecule has 0 amide bonds. The Morgan fingerprint density at radius 3 is 2.63 bits per heavy atom. The monoisotopic (exact) mass is 321 g/mol. The molecule has 1 heterocycles. The molecule has 0 bridgehead atoms. The Balaban J connectivity index is 2.41. The molecule has 0 unspecified atom stereocenters. The summed E-state index contributed by atoms with van der Waals surface area (Å²) in [6.07, 6.45) is 3.51. The third kappa shape index (κ3) is 3.30. The van der Waals surface area contributed by atoms with Crippen LogP contribution in [0.15, 0.2) is 34.9 Å². The van der Waals surface area contributed by atoms with Crippen molar-refractivity contribution in [2.24, 2.45) is 5.73 Å². The van der Waals surface area contributed by atoms with Gasteiger partial charge in [0.25, 0.3) is 0 Å². The maximum absolute atomic E-state index is 11.4. The van der Waals surface area contributed by atoms with Crippen molar-refractivity contribution in [3.63, 3.8) is 0 Å². The highest BCUT2D eigenvalue weighted by Crippen LogP contribution is 2.24. The molecule has 0 aliphatic heterocycles. The second-order valence-electron chi connectivity index (χ2n) is 4.37. The summed E-state index contributed by atoms with van der Waals surface area (Å²) in [5, 5.41) is 4.37. The maximum atomic E-state index is 11.4. The Hall–Kier alpha value is -1.46. The Kier molecular flexibility index (Phi) is 4.50. The van der Waals surface area contributed by atoms with E-state index in [9.17, 15) is 4.79 Å². The van der Waals surface area contributed by atoms with Crippen LogP contribution >= 0.6 is 15.9 Å². The lowest BCUT2D eigenvalue weighted by Gasteiger charge is -2.01. The van der Waals surface area contributed by atoms with E-state index in [2.05, 4.69) is 21.0 Å². The molecule has 0 saturated carbocycles. The first kappa shape index (κ1) is 14.0. The molecule has 0 radical (unpaired) electrons. The van der Waals surface area contributed by atoms with Gasteiger partial charge in [-0.15, -0.1) is 0 Å². The zero-order chi connectivity index (χ0) is 13.8. The van der Waals surface area contributed by atoms with Crippen molar-refractivity contribution in [1.29, 1.82) is 0 Å². The van der Waals surface area contributed by atoms with Crippen molar-refractivity contribution >= 4 is 21.8 Å². The van der Waals surface area contributed by atoms with Crippen LogP contribution in [0.25, 0.3) is 11.3 Å². The molecule has 5 heteroatoms. The van der Waals surface area contributed by atoms with E-state index in [1.807, 2.05) is 24.3 Å². The van der Waals surface area contributed by atoms with E-state index >= 15 is 0 Å². The normalized spacial score (nSPS) is 10.7. The minimum absolute atomic E-state index is 0.0858. The zero-order valence-corrected chi connectivity index (χ0v) is 12.4. The number of nitrogens with zero attached hydrogens (tertiary/aromatic N) is 2. The highest BCUT2D eigenvalue weighted by molar-refractivity contribution is 9.10. The number of carbonyl (C=O) groups excluding carboxylic acids is 1. The summed E-state index contributed by atoms with van der Waals surface area (Å²) in [6, 6.07) is 7.91. The lowest BCUT2D eigenvalue weighted by Crippen LogP contribution is -2.05. The largest absolute Gasteiger partial charge is 0.330 e. The first-order valence-corrected chi connectivity index (χ1v) is 6.96. The molecule has 0 aliphatic carbocycles. The molecule has 0 spiro atoms. The SMILES string of the molecule is CC(=O)n1cc(CCCN)c(-c2ccc(Br)cc2)n1. The predicted octanol–water partition coefficient (Wildman–Crippen LogP) is 2.86. The fraction of sp³-hybridized carbons (Fsp3) is 0.286. The Morgan fingerprint density at radius 1 is 1.37 bits per heavy atom. The number of benzene rings is 1. The quantitative estimate of drug-likeness (QED) is 0.941. The summed E-state index contributed by atoms with van der Waals surface area (Å²) in [7, 11) is 0. The smallest absolute Gasteiger partial charge is 0.243 e. The molecule has 1 aromatic carbocycles. The maximum Gasteiger partial charge on any atom is 0.243 e. The van der Waals surface area contributed by atoms with Gasteiger partial charge in [0.2, 0.25) is 5.91 Å². The van der Waals surface area contributed by atoms with Gasteiger partial charge in [0.05, 0.1) is 5.69 Å².